The molecular formula is C10H20N2O3S. The Bertz CT molecular complexity index is 360. The summed E-state index contributed by atoms with van der Waals surface area (Å²) in [5.41, 5.74) is 0.187. The molecule has 16 heavy (non-hydrogen) atoms. The Morgan fingerprint density at radius 2 is 2.06 bits per heavy atom. The average molecular weight is 248 g/mol. The second-order valence-corrected chi connectivity index (χ2v) is 7.17. The SMILES string of the molecule is CC(C)N1CC2(COC(NS(C)(=O)=O)C2)C1. The van der Waals surface area contributed by atoms with Crippen LogP contribution in [0.25, 0.3) is 0 Å². The second kappa shape index (κ2) is 3.94. The lowest BCUT2D eigenvalue weighted by Gasteiger charge is -2.49. The molecule has 0 bridgehead atoms. The first-order valence-corrected chi connectivity index (χ1v) is 7.52. The van der Waals surface area contributed by atoms with Gasteiger partial charge in [-0.15, -0.1) is 0 Å². The van der Waals surface area contributed by atoms with Crippen LogP contribution in [0, 0.1) is 5.41 Å². The standard InChI is InChI=1S/C10H20N2O3S/c1-8(2)12-5-10(6-12)4-9(15-7-10)11-16(3,13)14/h8-9,11H,4-7H2,1-3H3. The first kappa shape index (κ1) is 12.3. The lowest BCUT2D eigenvalue weighted by atomic mass is 9.78. The summed E-state index contributed by atoms with van der Waals surface area (Å²) in [6.45, 7) is 7.06. The zero-order chi connectivity index (χ0) is 12.0. The van der Waals surface area contributed by atoms with E-state index in [-0.39, 0.29) is 11.6 Å². The first-order chi connectivity index (χ1) is 7.30. The molecule has 2 rings (SSSR count). The molecule has 2 aliphatic rings. The molecule has 5 nitrogen and oxygen atoms in total. The molecule has 2 fully saturated rings. The largest absolute Gasteiger partial charge is 0.362 e. The maximum absolute atomic E-state index is 11.1. The van der Waals surface area contributed by atoms with Crippen molar-refractivity contribution in [3.8, 4) is 0 Å². The molecule has 0 saturated carbocycles. The maximum atomic E-state index is 11.1. The number of hydrogen-bond acceptors (Lipinski definition) is 4. The van der Waals surface area contributed by atoms with Crippen LogP contribution in [0.3, 0.4) is 0 Å². The van der Waals surface area contributed by atoms with Gasteiger partial charge in [-0.2, -0.15) is 4.72 Å². The monoisotopic (exact) mass is 248 g/mol. The molecule has 6 heteroatoms. The van der Waals surface area contributed by atoms with Crippen molar-refractivity contribution in [3.05, 3.63) is 0 Å². The molecule has 0 aliphatic carbocycles. The molecule has 2 saturated heterocycles. The molecule has 0 amide bonds. The van der Waals surface area contributed by atoms with Crippen molar-refractivity contribution < 1.29 is 13.2 Å². The van der Waals surface area contributed by atoms with Gasteiger partial charge in [0.25, 0.3) is 0 Å². The predicted octanol–water partition coefficient (Wildman–Crippen LogP) is -0.00760. The topological polar surface area (TPSA) is 58.6 Å². The van der Waals surface area contributed by atoms with E-state index in [1.54, 1.807) is 0 Å². The van der Waals surface area contributed by atoms with Crippen molar-refractivity contribution in [3.63, 3.8) is 0 Å². The lowest BCUT2D eigenvalue weighted by Crippen LogP contribution is -2.59. The molecule has 0 radical (unpaired) electrons. The zero-order valence-electron chi connectivity index (χ0n) is 10.1. The third-order valence-electron chi connectivity index (χ3n) is 3.36. The fraction of sp³-hybridized carbons (Fsp3) is 1.00. The number of sulfonamides is 1. The van der Waals surface area contributed by atoms with Gasteiger partial charge in [0, 0.05) is 24.5 Å². The summed E-state index contributed by atoms with van der Waals surface area (Å²) in [6, 6.07) is 0.563. The normalized spacial score (nSPS) is 29.9. The van der Waals surface area contributed by atoms with Crippen LogP contribution >= 0.6 is 0 Å². The van der Waals surface area contributed by atoms with Gasteiger partial charge < -0.3 is 4.74 Å². The highest BCUT2D eigenvalue weighted by atomic mass is 32.2. The van der Waals surface area contributed by atoms with Gasteiger partial charge in [-0.1, -0.05) is 0 Å². The Morgan fingerprint density at radius 3 is 2.56 bits per heavy atom. The van der Waals surface area contributed by atoms with Crippen molar-refractivity contribution in [1.82, 2.24) is 9.62 Å². The summed E-state index contributed by atoms with van der Waals surface area (Å²) in [6.07, 6.45) is 1.63. The van der Waals surface area contributed by atoms with Crippen LogP contribution in [0.5, 0.6) is 0 Å². The van der Waals surface area contributed by atoms with Crippen LogP contribution in [-0.2, 0) is 14.8 Å². The van der Waals surface area contributed by atoms with E-state index in [0.717, 1.165) is 19.5 Å². The Hall–Kier alpha value is -0.170. The van der Waals surface area contributed by atoms with E-state index < -0.39 is 10.0 Å². The van der Waals surface area contributed by atoms with Gasteiger partial charge in [0.15, 0.2) is 0 Å². The molecule has 2 heterocycles. The van der Waals surface area contributed by atoms with Gasteiger partial charge in [0.2, 0.25) is 10.0 Å². The Labute approximate surface area is 97.2 Å². The Morgan fingerprint density at radius 1 is 1.44 bits per heavy atom. The van der Waals surface area contributed by atoms with E-state index in [1.165, 1.54) is 6.26 Å². The van der Waals surface area contributed by atoms with Crippen LogP contribution < -0.4 is 4.72 Å². The number of nitrogens with zero attached hydrogens (tertiary/aromatic N) is 1. The number of hydrogen-bond donors (Lipinski definition) is 1. The van der Waals surface area contributed by atoms with Crippen molar-refractivity contribution in [2.45, 2.75) is 32.5 Å². The van der Waals surface area contributed by atoms with Gasteiger partial charge in [0.05, 0.1) is 12.9 Å². The Balaban J connectivity index is 1.86. The van der Waals surface area contributed by atoms with Crippen LogP contribution in [0.1, 0.15) is 20.3 Å². The summed E-state index contributed by atoms with van der Waals surface area (Å²) in [5.74, 6) is 0. The first-order valence-electron chi connectivity index (χ1n) is 5.63. The van der Waals surface area contributed by atoms with Crippen molar-refractivity contribution >= 4 is 10.0 Å². The molecule has 1 N–H and O–H groups in total. The number of ether oxygens (including phenoxy) is 1. The number of likely N-dealkylation sites (tertiary alicyclic amines) is 1. The molecule has 1 unspecified atom stereocenters. The minimum atomic E-state index is -3.16. The van der Waals surface area contributed by atoms with Crippen molar-refractivity contribution in [1.29, 1.82) is 0 Å². The van der Waals surface area contributed by atoms with E-state index in [9.17, 15) is 8.42 Å². The molecule has 94 valence electrons. The average Bonchev–Trinajstić information content (AvgIpc) is 2.42. The summed E-state index contributed by atoms with van der Waals surface area (Å²) in [5, 5.41) is 0. The van der Waals surface area contributed by atoms with E-state index >= 15 is 0 Å². The fourth-order valence-electron chi connectivity index (χ4n) is 2.50. The van der Waals surface area contributed by atoms with E-state index in [1.807, 2.05) is 0 Å². The highest BCUT2D eigenvalue weighted by Gasteiger charge is 2.49. The summed E-state index contributed by atoms with van der Waals surface area (Å²) in [4.78, 5) is 2.38. The second-order valence-electron chi connectivity index (χ2n) is 5.39. The van der Waals surface area contributed by atoms with Gasteiger partial charge in [-0.3, -0.25) is 4.90 Å². The predicted molar refractivity (Wildman–Crippen MR) is 61.5 cm³/mol. The van der Waals surface area contributed by atoms with E-state index in [4.69, 9.17) is 4.74 Å². The molecule has 0 aromatic rings. The fourth-order valence-corrected chi connectivity index (χ4v) is 3.13. The molecule has 1 spiro atoms. The highest BCUT2D eigenvalue weighted by Crippen LogP contribution is 2.41. The summed E-state index contributed by atoms with van der Waals surface area (Å²) in [7, 11) is -3.16. The smallest absolute Gasteiger partial charge is 0.210 e. The van der Waals surface area contributed by atoms with Crippen molar-refractivity contribution in [2.24, 2.45) is 5.41 Å². The highest BCUT2D eigenvalue weighted by molar-refractivity contribution is 7.88. The van der Waals surface area contributed by atoms with Crippen LogP contribution in [-0.4, -0.2) is 51.5 Å². The van der Waals surface area contributed by atoms with Crippen LogP contribution in [0.15, 0.2) is 0 Å². The molecule has 0 aromatic heterocycles. The minimum Gasteiger partial charge on any atom is -0.362 e. The maximum Gasteiger partial charge on any atom is 0.210 e. The van der Waals surface area contributed by atoms with Gasteiger partial charge in [-0.05, 0) is 20.3 Å². The quantitative estimate of drug-likeness (QED) is 0.763. The van der Waals surface area contributed by atoms with Crippen molar-refractivity contribution in [2.75, 3.05) is 26.0 Å². The van der Waals surface area contributed by atoms with Crippen LogP contribution in [0.4, 0.5) is 0 Å². The summed E-state index contributed by atoms with van der Waals surface area (Å²) < 4.78 is 30.2. The van der Waals surface area contributed by atoms with E-state index in [2.05, 4.69) is 23.5 Å². The van der Waals surface area contributed by atoms with Crippen LogP contribution in [0.2, 0.25) is 0 Å². The zero-order valence-corrected chi connectivity index (χ0v) is 10.9. The Kier molecular flexibility index (Phi) is 3.03. The third kappa shape index (κ3) is 2.56. The number of rotatable bonds is 3. The van der Waals surface area contributed by atoms with Gasteiger partial charge in [0.1, 0.15) is 6.23 Å². The molecule has 1 atom stereocenters. The van der Waals surface area contributed by atoms with Gasteiger partial charge in [-0.25, -0.2) is 8.42 Å². The number of nitrogens with one attached hydrogen (secondary N) is 1. The molecular weight excluding hydrogens is 228 g/mol. The molecule has 0 aromatic carbocycles. The molecule has 2 aliphatic heterocycles. The van der Waals surface area contributed by atoms with E-state index in [0.29, 0.717) is 12.6 Å². The van der Waals surface area contributed by atoms with Gasteiger partial charge >= 0.3 is 0 Å². The lowest BCUT2D eigenvalue weighted by molar-refractivity contribution is -0.0278. The summed E-state index contributed by atoms with van der Waals surface area (Å²) >= 11 is 0. The minimum absolute atomic E-state index is 0.187. The third-order valence-corrected chi connectivity index (χ3v) is 4.05.